The SMILES string of the molecule is CCOc1cc(CN)cc(Cl)c1OCCOc1ccc(Cl)c(C)c1. The maximum absolute atomic E-state index is 6.27. The molecule has 0 spiro atoms. The van der Waals surface area contributed by atoms with Crippen molar-refractivity contribution in [3.8, 4) is 17.2 Å². The first-order valence-electron chi connectivity index (χ1n) is 7.72. The van der Waals surface area contributed by atoms with Crippen LogP contribution >= 0.6 is 23.2 Å². The van der Waals surface area contributed by atoms with Gasteiger partial charge in [-0.15, -0.1) is 0 Å². The molecule has 0 aliphatic carbocycles. The normalized spacial score (nSPS) is 10.5. The van der Waals surface area contributed by atoms with Crippen molar-refractivity contribution in [3.05, 3.63) is 51.5 Å². The van der Waals surface area contributed by atoms with Crippen LogP contribution in [0.25, 0.3) is 0 Å². The van der Waals surface area contributed by atoms with Crippen LogP contribution in [0.2, 0.25) is 10.0 Å². The first-order chi connectivity index (χ1) is 11.5. The van der Waals surface area contributed by atoms with Gasteiger partial charge in [0.25, 0.3) is 0 Å². The van der Waals surface area contributed by atoms with Crippen molar-refractivity contribution in [1.82, 2.24) is 0 Å². The Balaban J connectivity index is 1.97. The minimum Gasteiger partial charge on any atom is -0.490 e. The minimum absolute atomic E-state index is 0.337. The van der Waals surface area contributed by atoms with Crippen LogP contribution < -0.4 is 19.9 Å². The molecular weight excluding hydrogens is 349 g/mol. The molecule has 0 bridgehead atoms. The Hall–Kier alpha value is -1.62. The summed E-state index contributed by atoms with van der Waals surface area (Å²) in [5, 5.41) is 1.19. The zero-order chi connectivity index (χ0) is 17.5. The van der Waals surface area contributed by atoms with Gasteiger partial charge in [0.1, 0.15) is 19.0 Å². The standard InChI is InChI=1S/C18H21Cl2NO3/c1-3-22-17-10-13(11-21)9-16(20)18(17)24-7-6-23-14-4-5-15(19)12(2)8-14/h4-5,8-10H,3,6-7,11,21H2,1-2H3. The third-order valence-electron chi connectivity index (χ3n) is 3.33. The summed E-state index contributed by atoms with van der Waals surface area (Å²) in [4.78, 5) is 0. The molecule has 4 nitrogen and oxygen atoms in total. The topological polar surface area (TPSA) is 53.7 Å². The largest absolute Gasteiger partial charge is 0.490 e. The molecule has 130 valence electrons. The molecule has 0 saturated carbocycles. The van der Waals surface area contributed by atoms with E-state index in [0.29, 0.717) is 47.9 Å². The fraction of sp³-hybridized carbons (Fsp3) is 0.333. The van der Waals surface area contributed by atoms with Gasteiger partial charge in [-0.25, -0.2) is 0 Å². The van der Waals surface area contributed by atoms with Gasteiger partial charge in [0.05, 0.1) is 11.6 Å². The molecule has 24 heavy (non-hydrogen) atoms. The number of aryl methyl sites for hydroxylation is 1. The van der Waals surface area contributed by atoms with Gasteiger partial charge in [0, 0.05) is 11.6 Å². The van der Waals surface area contributed by atoms with E-state index >= 15 is 0 Å². The van der Waals surface area contributed by atoms with E-state index in [-0.39, 0.29) is 0 Å². The summed E-state index contributed by atoms with van der Waals surface area (Å²) in [6.07, 6.45) is 0. The van der Waals surface area contributed by atoms with Crippen molar-refractivity contribution in [2.45, 2.75) is 20.4 Å². The molecule has 0 saturated heterocycles. The minimum atomic E-state index is 0.337. The molecular formula is C18H21Cl2NO3. The van der Waals surface area contributed by atoms with Gasteiger partial charge in [-0.3, -0.25) is 0 Å². The van der Waals surface area contributed by atoms with Gasteiger partial charge in [-0.1, -0.05) is 23.2 Å². The second-order valence-electron chi connectivity index (χ2n) is 5.15. The van der Waals surface area contributed by atoms with Gasteiger partial charge < -0.3 is 19.9 Å². The fourth-order valence-electron chi connectivity index (χ4n) is 2.15. The molecule has 2 rings (SSSR count). The number of ether oxygens (including phenoxy) is 3. The third kappa shape index (κ3) is 4.94. The Bertz CT molecular complexity index is 692. The summed E-state index contributed by atoms with van der Waals surface area (Å²) < 4.78 is 17.0. The van der Waals surface area contributed by atoms with Gasteiger partial charge in [0.15, 0.2) is 11.5 Å². The highest BCUT2D eigenvalue weighted by Crippen LogP contribution is 2.36. The Morgan fingerprint density at radius 2 is 1.71 bits per heavy atom. The average Bonchev–Trinajstić information content (AvgIpc) is 2.56. The Morgan fingerprint density at radius 1 is 0.958 bits per heavy atom. The molecule has 0 fully saturated rings. The lowest BCUT2D eigenvalue weighted by Gasteiger charge is -2.15. The van der Waals surface area contributed by atoms with Crippen molar-refractivity contribution in [2.24, 2.45) is 5.73 Å². The first-order valence-corrected chi connectivity index (χ1v) is 8.47. The smallest absolute Gasteiger partial charge is 0.179 e. The molecule has 0 aliphatic heterocycles. The number of halogens is 2. The van der Waals surface area contributed by atoms with E-state index in [1.165, 1.54) is 0 Å². The number of rotatable bonds is 8. The highest BCUT2D eigenvalue weighted by Gasteiger charge is 2.12. The molecule has 0 aromatic heterocycles. The van der Waals surface area contributed by atoms with Crippen LogP contribution in [-0.4, -0.2) is 19.8 Å². The Labute approximate surface area is 152 Å². The summed E-state index contributed by atoms with van der Waals surface area (Å²) in [6.45, 7) is 5.45. The van der Waals surface area contributed by atoms with Crippen molar-refractivity contribution >= 4 is 23.2 Å². The molecule has 2 aromatic carbocycles. The summed E-state index contributed by atoms with van der Waals surface area (Å²) >= 11 is 12.3. The van der Waals surface area contributed by atoms with Gasteiger partial charge >= 0.3 is 0 Å². The van der Waals surface area contributed by atoms with Crippen LogP contribution in [0.5, 0.6) is 17.2 Å². The monoisotopic (exact) mass is 369 g/mol. The second kappa shape index (κ2) is 9.02. The number of hydrogen-bond acceptors (Lipinski definition) is 4. The molecule has 0 amide bonds. The van der Waals surface area contributed by atoms with Gasteiger partial charge in [-0.2, -0.15) is 0 Å². The predicted octanol–water partition coefficient (Wildman–Crippen LogP) is 4.62. The van der Waals surface area contributed by atoms with Gasteiger partial charge in [-0.05, 0) is 55.3 Å². The van der Waals surface area contributed by atoms with E-state index in [0.717, 1.165) is 16.9 Å². The Kier molecular flexibility index (Phi) is 7.03. The maximum Gasteiger partial charge on any atom is 0.179 e. The van der Waals surface area contributed by atoms with E-state index in [9.17, 15) is 0 Å². The molecule has 6 heteroatoms. The molecule has 0 unspecified atom stereocenters. The van der Waals surface area contributed by atoms with Crippen molar-refractivity contribution in [2.75, 3.05) is 19.8 Å². The number of benzene rings is 2. The van der Waals surface area contributed by atoms with Crippen LogP contribution in [0.4, 0.5) is 0 Å². The molecule has 0 atom stereocenters. The Morgan fingerprint density at radius 3 is 2.38 bits per heavy atom. The van der Waals surface area contributed by atoms with Crippen molar-refractivity contribution in [1.29, 1.82) is 0 Å². The highest BCUT2D eigenvalue weighted by molar-refractivity contribution is 6.32. The quantitative estimate of drug-likeness (QED) is 0.689. The van der Waals surface area contributed by atoms with E-state index < -0.39 is 0 Å². The first kappa shape index (κ1) is 18.7. The summed E-state index contributed by atoms with van der Waals surface area (Å²) in [6, 6.07) is 9.14. The van der Waals surface area contributed by atoms with Crippen molar-refractivity contribution < 1.29 is 14.2 Å². The lowest BCUT2D eigenvalue weighted by molar-refractivity contribution is 0.208. The van der Waals surface area contributed by atoms with Gasteiger partial charge in [0.2, 0.25) is 0 Å². The number of hydrogen-bond donors (Lipinski definition) is 1. The molecule has 2 aromatic rings. The second-order valence-corrected chi connectivity index (χ2v) is 5.96. The van der Waals surface area contributed by atoms with E-state index in [1.807, 2.05) is 38.1 Å². The van der Waals surface area contributed by atoms with Crippen molar-refractivity contribution in [3.63, 3.8) is 0 Å². The molecule has 0 heterocycles. The molecule has 0 radical (unpaired) electrons. The number of nitrogens with two attached hydrogens (primary N) is 1. The average molecular weight is 370 g/mol. The lowest BCUT2D eigenvalue weighted by atomic mass is 10.2. The van der Waals surface area contributed by atoms with Crippen LogP contribution in [-0.2, 0) is 6.54 Å². The lowest BCUT2D eigenvalue weighted by Crippen LogP contribution is -2.10. The van der Waals surface area contributed by atoms with Crippen LogP contribution in [0.15, 0.2) is 30.3 Å². The summed E-state index contributed by atoms with van der Waals surface area (Å²) in [7, 11) is 0. The predicted molar refractivity (Wildman–Crippen MR) is 97.7 cm³/mol. The molecule has 0 aliphatic rings. The summed E-state index contributed by atoms with van der Waals surface area (Å²) in [5.74, 6) is 1.84. The molecule has 2 N–H and O–H groups in total. The van der Waals surface area contributed by atoms with Crippen LogP contribution in [0.3, 0.4) is 0 Å². The highest BCUT2D eigenvalue weighted by atomic mass is 35.5. The zero-order valence-electron chi connectivity index (χ0n) is 13.8. The maximum atomic E-state index is 6.27. The van der Waals surface area contributed by atoms with Crippen LogP contribution in [0, 0.1) is 6.92 Å². The van der Waals surface area contributed by atoms with Crippen LogP contribution in [0.1, 0.15) is 18.1 Å². The third-order valence-corrected chi connectivity index (χ3v) is 4.04. The fourth-order valence-corrected chi connectivity index (χ4v) is 2.56. The zero-order valence-corrected chi connectivity index (χ0v) is 15.3. The van der Waals surface area contributed by atoms with E-state index in [2.05, 4.69) is 0 Å². The summed E-state index contributed by atoms with van der Waals surface area (Å²) in [5.41, 5.74) is 7.52. The van der Waals surface area contributed by atoms with E-state index in [1.54, 1.807) is 6.07 Å². The van der Waals surface area contributed by atoms with E-state index in [4.69, 9.17) is 43.1 Å².